The summed E-state index contributed by atoms with van der Waals surface area (Å²) in [7, 11) is -2.50. The Balaban J connectivity index is 2.36. The molecule has 1 aromatic carbocycles. The van der Waals surface area contributed by atoms with Gasteiger partial charge in [0.25, 0.3) is 0 Å². The summed E-state index contributed by atoms with van der Waals surface area (Å²) in [5.41, 5.74) is 6.02. The van der Waals surface area contributed by atoms with Crippen LogP contribution in [0.4, 0.5) is 0 Å². The molecule has 0 spiro atoms. The molecule has 1 saturated heterocycles. The molecule has 128 valence electrons. The molecule has 1 fully saturated rings. The maximum absolute atomic E-state index is 12.8. The number of nitrogens with zero attached hydrogens (tertiary/aromatic N) is 1. The van der Waals surface area contributed by atoms with Crippen molar-refractivity contribution < 1.29 is 17.9 Å². The van der Waals surface area contributed by atoms with Crippen LogP contribution in [0.5, 0.6) is 0 Å². The summed E-state index contributed by atoms with van der Waals surface area (Å²) in [4.78, 5) is 11.7. The highest BCUT2D eigenvalue weighted by atomic mass is 35.5. The normalized spacial score (nSPS) is 21.0. The number of hydrogen-bond acceptors (Lipinski definition) is 5. The minimum Gasteiger partial charge on any atom is -0.465 e. The number of benzene rings is 1. The summed E-state index contributed by atoms with van der Waals surface area (Å²) in [6.07, 6.45) is 1.67. The van der Waals surface area contributed by atoms with Crippen LogP contribution in [0.1, 0.15) is 30.1 Å². The molecule has 1 aromatic rings. The van der Waals surface area contributed by atoms with E-state index in [0.717, 1.165) is 12.8 Å². The van der Waals surface area contributed by atoms with Crippen molar-refractivity contribution in [2.75, 3.05) is 20.2 Å². The van der Waals surface area contributed by atoms with E-state index in [1.54, 1.807) is 0 Å². The van der Waals surface area contributed by atoms with Crippen LogP contribution < -0.4 is 5.73 Å². The summed E-state index contributed by atoms with van der Waals surface area (Å²) in [5.74, 6) is -0.506. The molecule has 2 unspecified atom stereocenters. The summed E-state index contributed by atoms with van der Waals surface area (Å²) in [6.45, 7) is 2.70. The number of halogens is 1. The smallest absolute Gasteiger partial charge is 0.337 e. The molecule has 2 N–H and O–H groups in total. The number of methoxy groups -OCH3 is 1. The Morgan fingerprint density at radius 1 is 1.43 bits per heavy atom. The van der Waals surface area contributed by atoms with E-state index < -0.39 is 16.0 Å². The fourth-order valence-corrected chi connectivity index (χ4v) is 4.62. The van der Waals surface area contributed by atoms with Crippen molar-refractivity contribution in [2.45, 2.75) is 30.7 Å². The van der Waals surface area contributed by atoms with Gasteiger partial charge in [0.05, 0.1) is 17.6 Å². The van der Waals surface area contributed by atoms with E-state index in [0.29, 0.717) is 13.1 Å². The van der Waals surface area contributed by atoms with Gasteiger partial charge in [-0.05, 0) is 43.9 Å². The molecule has 6 nitrogen and oxygen atoms in total. The Kier molecular flexibility index (Phi) is 5.67. The van der Waals surface area contributed by atoms with Crippen molar-refractivity contribution in [1.29, 1.82) is 0 Å². The second-order valence-electron chi connectivity index (χ2n) is 5.79. The topological polar surface area (TPSA) is 89.7 Å². The third-order valence-corrected chi connectivity index (χ3v) is 6.16. The van der Waals surface area contributed by atoms with Crippen molar-refractivity contribution in [3.8, 4) is 0 Å². The van der Waals surface area contributed by atoms with Gasteiger partial charge in [0.15, 0.2) is 0 Å². The number of carbonyl (C=O) groups is 1. The van der Waals surface area contributed by atoms with Gasteiger partial charge in [0, 0.05) is 24.2 Å². The highest BCUT2D eigenvalue weighted by molar-refractivity contribution is 7.89. The molecule has 0 bridgehead atoms. The van der Waals surface area contributed by atoms with Crippen molar-refractivity contribution in [3.63, 3.8) is 0 Å². The van der Waals surface area contributed by atoms with Crippen LogP contribution in [0.25, 0.3) is 0 Å². The van der Waals surface area contributed by atoms with Crippen molar-refractivity contribution in [2.24, 2.45) is 11.7 Å². The van der Waals surface area contributed by atoms with Crippen molar-refractivity contribution in [1.82, 2.24) is 4.31 Å². The van der Waals surface area contributed by atoms with E-state index in [1.807, 2.05) is 6.92 Å². The van der Waals surface area contributed by atoms with Gasteiger partial charge in [-0.15, -0.1) is 0 Å². The van der Waals surface area contributed by atoms with Gasteiger partial charge in [-0.3, -0.25) is 0 Å². The standard InChI is InChI=1S/C15H21ClN2O4S/c1-10(17)11-4-3-5-18(9-11)23(20,21)14-7-12(15(19)22-2)6-13(16)8-14/h6-8,10-11H,3-5,9,17H2,1-2H3. The van der Waals surface area contributed by atoms with E-state index >= 15 is 0 Å². The van der Waals surface area contributed by atoms with Crippen LogP contribution in [0.2, 0.25) is 5.02 Å². The van der Waals surface area contributed by atoms with E-state index in [9.17, 15) is 13.2 Å². The molecule has 1 heterocycles. The lowest BCUT2D eigenvalue weighted by Gasteiger charge is -2.33. The Morgan fingerprint density at radius 3 is 2.74 bits per heavy atom. The van der Waals surface area contributed by atoms with Gasteiger partial charge in [-0.1, -0.05) is 11.6 Å². The predicted molar refractivity (Wildman–Crippen MR) is 87.9 cm³/mol. The minimum atomic E-state index is -3.73. The second-order valence-corrected chi connectivity index (χ2v) is 8.17. The number of esters is 1. The number of rotatable bonds is 4. The molecular weight excluding hydrogens is 340 g/mol. The van der Waals surface area contributed by atoms with Gasteiger partial charge >= 0.3 is 5.97 Å². The van der Waals surface area contributed by atoms with Gasteiger partial charge in [0.1, 0.15) is 0 Å². The largest absolute Gasteiger partial charge is 0.465 e. The maximum atomic E-state index is 12.8. The highest BCUT2D eigenvalue weighted by Gasteiger charge is 2.32. The average molecular weight is 361 g/mol. The fourth-order valence-electron chi connectivity index (χ4n) is 2.72. The number of sulfonamides is 1. The fraction of sp³-hybridized carbons (Fsp3) is 0.533. The quantitative estimate of drug-likeness (QED) is 0.828. The van der Waals surface area contributed by atoms with E-state index in [-0.39, 0.29) is 27.4 Å². The van der Waals surface area contributed by atoms with E-state index in [2.05, 4.69) is 4.74 Å². The van der Waals surface area contributed by atoms with Gasteiger partial charge in [-0.25, -0.2) is 13.2 Å². The Hall–Kier alpha value is -1.15. The molecule has 1 aliphatic rings. The number of hydrogen-bond donors (Lipinski definition) is 1. The average Bonchev–Trinajstić information content (AvgIpc) is 2.53. The van der Waals surface area contributed by atoms with Gasteiger partial charge < -0.3 is 10.5 Å². The third kappa shape index (κ3) is 4.03. The number of ether oxygens (including phenoxy) is 1. The van der Waals surface area contributed by atoms with Gasteiger partial charge in [-0.2, -0.15) is 4.31 Å². The van der Waals surface area contributed by atoms with Crippen molar-refractivity contribution in [3.05, 3.63) is 28.8 Å². The van der Waals surface area contributed by atoms with Crippen LogP contribution in [-0.2, 0) is 14.8 Å². The van der Waals surface area contributed by atoms with E-state index in [1.165, 1.54) is 29.6 Å². The number of carbonyl (C=O) groups excluding carboxylic acids is 1. The summed E-state index contributed by atoms with van der Waals surface area (Å²) < 4.78 is 31.7. The zero-order valence-electron chi connectivity index (χ0n) is 13.2. The van der Waals surface area contributed by atoms with Crippen LogP contribution in [-0.4, -0.2) is 44.9 Å². The first-order valence-electron chi connectivity index (χ1n) is 7.40. The van der Waals surface area contributed by atoms with Gasteiger partial charge in [0.2, 0.25) is 10.0 Å². The Bertz CT molecular complexity index is 691. The molecule has 0 aliphatic carbocycles. The zero-order valence-corrected chi connectivity index (χ0v) is 14.7. The first-order chi connectivity index (χ1) is 10.8. The number of nitrogens with two attached hydrogens (primary N) is 1. The van der Waals surface area contributed by atoms with Crippen LogP contribution in [0, 0.1) is 5.92 Å². The lowest BCUT2D eigenvalue weighted by atomic mass is 9.93. The SMILES string of the molecule is COC(=O)c1cc(Cl)cc(S(=O)(=O)N2CCCC(C(C)N)C2)c1. The molecule has 0 aromatic heterocycles. The molecule has 23 heavy (non-hydrogen) atoms. The molecular formula is C15H21ClN2O4S. The summed E-state index contributed by atoms with van der Waals surface area (Å²) in [6, 6.07) is 3.95. The third-order valence-electron chi connectivity index (χ3n) is 4.09. The lowest BCUT2D eigenvalue weighted by molar-refractivity contribution is 0.0600. The van der Waals surface area contributed by atoms with Crippen LogP contribution in [0.15, 0.2) is 23.1 Å². The van der Waals surface area contributed by atoms with Crippen molar-refractivity contribution >= 4 is 27.6 Å². The first-order valence-corrected chi connectivity index (χ1v) is 9.22. The zero-order chi connectivity index (χ0) is 17.2. The molecule has 1 aliphatic heterocycles. The maximum Gasteiger partial charge on any atom is 0.337 e. The van der Waals surface area contributed by atoms with E-state index in [4.69, 9.17) is 17.3 Å². The Morgan fingerprint density at radius 2 is 2.13 bits per heavy atom. The molecule has 2 rings (SSSR count). The summed E-state index contributed by atoms with van der Waals surface area (Å²) >= 11 is 5.96. The highest BCUT2D eigenvalue weighted by Crippen LogP contribution is 2.27. The molecule has 0 amide bonds. The predicted octanol–water partition coefficient (Wildman–Crippen LogP) is 1.87. The Labute approximate surface area is 141 Å². The molecule has 2 atom stereocenters. The second kappa shape index (κ2) is 7.17. The lowest BCUT2D eigenvalue weighted by Crippen LogP contribution is -2.44. The van der Waals surface area contributed by atoms with Crippen LogP contribution >= 0.6 is 11.6 Å². The number of piperidine rings is 1. The molecule has 8 heteroatoms. The molecule has 0 saturated carbocycles. The van der Waals surface area contributed by atoms with Crippen LogP contribution in [0.3, 0.4) is 0 Å². The summed E-state index contributed by atoms with van der Waals surface area (Å²) in [5, 5.41) is 0.173. The monoisotopic (exact) mass is 360 g/mol. The first kappa shape index (κ1) is 18.2. The molecule has 0 radical (unpaired) electrons. The minimum absolute atomic E-state index is 0.00396.